The SMILES string of the molecule is O=Cc1ccc(C(=O)N2CCC[C@@H](C(=O)c3ccc(Cl)cc3)C2)cc1. The van der Waals surface area contributed by atoms with Crippen LogP contribution in [0, 0.1) is 5.92 Å². The number of rotatable bonds is 4. The fourth-order valence-electron chi connectivity index (χ4n) is 3.11. The van der Waals surface area contributed by atoms with Crippen LogP contribution < -0.4 is 0 Å². The molecule has 1 aliphatic heterocycles. The van der Waals surface area contributed by atoms with Crippen LogP contribution in [0.3, 0.4) is 0 Å². The summed E-state index contributed by atoms with van der Waals surface area (Å²) in [5, 5.41) is 0.593. The molecule has 1 atom stereocenters. The quantitative estimate of drug-likeness (QED) is 0.617. The maximum atomic E-state index is 12.7. The van der Waals surface area contributed by atoms with E-state index < -0.39 is 0 Å². The number of nitrogens with zero attached hydrogens (tertiary/aromatic N) is 1. The van der Waals surface area contributed by atoms with Gasteiger partial charge in [-0.15, -0.1) is 0 Å². The Balaban J connectivity index is 1.71. The summed E-state index contributed by atoms with van der Waals surface area (Å²) in [6, 6.07) is 13.4. The zero-order chi connectivity index (χ0) is 17.8. The lowest BCUT2D eigenvalue weighted by Crippen LogP contribution is -2.42. The van der Waals surface area contributed by atoms with Crippen LogP contribution in [-0.2, 0) is 0 Å². The number of benzene rings is 2. The number of hydrogen-bond acceptors (Lipinski definition) is 3. The van der Waals surface area contributed by atoms with Crippen LogP contribution in [0.15, 0.2) is 48.5 Å². The van der Waals surface area contributed by atoms with Crippen molar-refractivity contribution in [1.82, 2.24) is 4.90 Å². The average molecular weight is 356 g/mol. The van der Waals surface area contributed by atoms with Crippen LogP contribution in [0.25, 0.3) is 0 Å². The Kier molecular flexibility index (Phi) is 5.29. The van der Waals surface area contributed by atoms with Gasteiger partial charge in [0.1, 0.15) is 6.29 Å². The molecule has 25 heavy (non-hydrogen) atoms. The van der Waals surface area contributed by atoms with Gasteiger partial charge in [0.25, 0.3) is 5.91 Å². The highest BCUT2D eigenvalue weighted by Crippen LogP contribution is 2.23. The predicted molar refractivity (Wildman–Crippen MR) is 96.2 cm³/mol. The van der Waals surface area contributed by atoms with Gasteiger partial charge < -0.3 is 4.90 Å². The largest absolute Gasteiger partial charge is 0.338 e. The minimum atomic E-state index is -0.201. The van der Waals surface area contributed by atoms with Crippen LogP contribution >= 0.6 is 11.6 Å². The number of hydrogen-bond donors (Lipinski definition) is 0. The number of amides is 1. The van der Waals surface area contributed by atoms with Crippen molar-refractivity contribution in [1.29, 1.82) is 0 Å². The summed E-state index contributed by atoms with van der Waals surface area (Å²) >= 11 is 5.87. The van der Waals surface area contributed by atoms with E-state index in [4.69, 9.17) is 11.6 Å². The van der Waals surface area contributed by atoms with Crippen LogP contribution in [0.2, 0.25) is 5.02 Å². The minimum absolute atomic E-state index is 0.0467. The van der Waals surface area contributed by atoms with Gasteiger partial charge in [0.2, 0.25) is 0 Å². The maximum absolute atomic E-state index is 12.7. The van der Waals surface area contributed by atoms with Gasteiger partial charge in [0.05, 0.1) is 0 Å². The predicted octanol–water partition coefficient (Wildman–Crippen LogP) is 3.89. The molecule has 0 aliphatic carbocycles. The number of Topliss-reactive ketones (excluding diaryl/α,β-unsaturated/α-hetero) is 1. The molecule has 0 unspecified atom stereocenters. The highest BCUT2D eigenvalue weighted by atomic mass is 35.5. The van der Waals surface area contributed by atoms with Gasteiger partial charge in [0, 0.05) is 40.7 Å². The number of carbonyl (C=O) groups is 3. The number of likely N-dealkylation sites (tertiary alicyclic amines) is 1. The molecule has 1 aliphatic rings. The molecular weight excluding hydrogens is 338 g/mol. The van der Waals surface area contributed by atoms with E-state index in [0.29, 0.717) is 34.8 Å². The van der Waals surface area contributed by atoms with Crippen LogP contribution in [0.5, 0.6) is 0 Å². The Bertz CT molecular complexity index is 784. The molecule has 0 bridgehead atoms. The van der Waals surface area contributed by atoms with E-state index in [0.717, 1.165) is 19.1 Å². The number of ketones is 1. The summed E-state index contributed by atoms with van der Waals surface area (Å²) in [5.74, 6) is -0.260. The Morgan fingerprint density at radius 2 is 1.64 bits per heavy atom. The fraction of sp³-hybridized carbons (Fsp3) is 0.250. The molecule has 4 nitrogen and oxygen atoms in total. The van der Waals surface area contributed by atoms with Crippen LogP contribution in [0.4, 0.5) is 0 Å². The van der Waals surface area contributed by atoms with Crippen LogP contribution in [0.1, 0.15) is 43.9 Å². The van der Waals surface area contributed by atoms with Gasteiger partial charge in [0.15, 0.2) is 5.78 Å². The average Bonchev–Trinajstić information content (AvgIpc) is 2.67. The van der Waals surface area contributed by atoms with E-state index in [1.165, 1.54) is 0 Å². The zero-order valence-electron chi connectivity index (χ0n) is 13.7. The molecule has 128 valence electrons. The Labute approximate surface area is 151 Å². The molecular formula is C20H18ClNO3. The molecule has 2 aromatic rings. The molecule has 0 saturated carbocycles. The molecule has 1 amide bonds. The first-order chi connectivity index (χ1) is 12.1. The van der Waals surface area contributed by atoms with Gasteiger partial charge in [-0.2, -0.15) is 0 Å². The lowest BCUT2D eigenvalue weighted by Gasteiger charge is -2.32. The Morgan fingerprint density at radius 1 is 1.00 bits per heavy atom. The third-order valence-corrected chi connectivity index (χ3v) is 4.75. The molecule has 0 radical (unpaired) electrons. The molecule has 0 aromatic heterocycles. The smallest absolute Gasteiger partial charge is 0.253 e. The Morgan fingerprint density at radius 3 is 2.28 bits per heavy atom. The minimum Gasteiger partial charge on any atom is -0.338 e. The molecule has 5 heteroatoms. The summed E-state index contributed by atoms with van der Waals surface area (Å²) in [5.41, 5.74) is 1.69. The van der Waals surface area contributed by atoms with E-state index in [2.05, 4.69) is 0 Å². The standard InChI is InChI=1S/C20H18ClNO3/c21-18-9-7-15(8-10-18)19(24)17-2-1-11-22(12-17)20(25)16-5-3-14(13-23)4-6-16/h3-10,13,17H,1-2,11-12H2/t17-/m1/s1. The van der Waals surface area contributed by atoms with Crippen LogP contribution in [-0.4, -0.2) is 36.0 Å². The van der Waals surface area contributed by atoms with Crippen molar-refractivity contribution in [3.63, 3.8) is 0 Å². The second-order valence-corrected chi connectivity index (χ2v) is 6.64. The van der Waals surface area contributed by atoms with E-state index in [-0.39, 0.29) is 17.6 Å². The second kappa shape index (κ2) is 7.62. The monoisotopic (exact) mass is 355 g/mol. The Hall–Kier alpha value is -2.46. The molecule has 2 aromatic carbocycles. The van der Waals surface area contributed by atoms with E-state index in [1.54, 1.807) is 53.4 Å². The summed E-state index contributed by atoms with van der Waals surface area (Å²) in [6.45, 7) is 1.05. The fourth-order valence-corrected chi connectivity index (χ4v) is 3.24. The van der Waals surface area contributed by atoms with Crippen molar-refractivity contribution in [2.24, 2.45) is 5.92 Å². The topological polar surface area (TPSA) is 54.5 Å². The number of aldehydes is 1. The van der Waals surface area contributed by atoms with Crippen molar-refractivity contribution in [3.8, 4) is 0 Å². The molecule has 3 rings (SSSR count). The first-order valence-corrected chi connectivity index (χ1v) is 8.60. The highest BCUT2D eigenvalue weighted by Gasteiger charge is 2.29. The van der Waals surface area contributed by atoms with E-state index >= 15 is 0 Å². The summed E-state index contributed by atoms with van der Waals surface area (Å²) < 4.78 is 0. The molecule has 0 spiro atoms. The highest BCUT2D eigenvalue weighted by molar-refractivity contribution is 6.30. The van der Waals surface area contributed by atoms with Gasteiger partial charge in [-0.3, -0.25) is 14.4 Å². The van der Waals surface area contributed by atoms with Crippen molar-refractivity contribution in [3.05, 3.63) is 70.2 Å². The second-order valence-electron chi connectivity index (χ2n) is 6.20. The number of halogens is 1. The van der Waals surface area contributed by atoms with Gasteiger partial charge in [-0.25, -0.2) is 0 Å². The molecule has 1 saturated heterocycles. The first kappa shape index (κ1) is 17.4. The summed E-state index contributed by atoms with van der Waals surface area (Å²) in [6.07, 6.45) is 2.31. The summed E-state index contributed by atoms with van der Waals surface area (Å²) in [7, 11) is 0. The summed E-state index contributed by atoms with van der Waals surface area (Å²) in [4.78, 5) is 37.8. The number of carbonyl (C=O) groups excluding carboxylic acids is 3. The van der Waals surface area contributed by atoms with Gasteiger partial charge >= 0.3 is 0 Å². The van der Waals surface area contributed by atoms with Crippen molar-refractivity contribution in [2.75, 3.05) is 13.1 Å². The van der Waals surface area contributed by atoms with Crippen molar-refractivity contribution < 1.29 is 14.4 Å². The third-order valence-electron chi connectivity index (χ3n) is 4.50. The zero-order valence-corrected chi connectivity index (χ0v) is 14.4. The molecule has 0 N–H and O–H groups in total. The maximum Gasteiger partial charge on any atom is 0.253 e. The molecule has 1 heterocycles. The molecule has 1 fully saturated rings. The van der Waals surface area contributed by atoms with Crippen molar-refractivity contribution in [2.45, 2.75) is 12.8 Å². The van der Waals surface area contributed by atoms with Crippen molar-refractivity contribution >= 4 is 29.6 Å². The lowest BCUT2D eigenvalue weighted by molar-refractivity contribution is 0.0636. The van der Waals surface area contributed by atoms with Gasteiger partial charge in [-0.05, 0) is 49.2 Å². The van der Waals surface area contributed by atoms with E-state index in [9.17, 15) is 14.4 Å². The number of piperidine rings is 1. The van der Waals surface area contributed by atoms with Gasteiger partial charge in [-0.1, -0.05) is 23.7 Å². The first-order valence-electron chi connectivity index (χ1n) is 8.23. The van der Waals surface area contributed by atoms with E-state index in [1.807, 2.05) is 0 Å². The normalized spacial score (nSPS) is 17.2. The third kappa shape index (κ3) is 3.97. The lowest BCUT2D eigenvalue weighted by atomic mass is 9.89.